The predicted molar refractivity (Wildman–Crippen MR) is 74.0 cm³/mol. The molecule has 17 heavy (non-hydrogen) atoms. The molecule has 0 aliphatic rings. The molecule has 0 radical (unpaired) electrons. The molecule has 2 N–H and O–H groups in total. The highest BCUT2D eigenvalue weighted by Crippen LogP contribution is 2.30. The van der Waals surface area contributed by atoms with E-state index in [1.54, 1.807) is 0 Å². The van der Waals surface area contributed by atoms with Gasteiger partial charge >= 0.3 is 0 Å². The van der Waals surface area contributed by atoms with E-state index in [1.165, 1.54) is 16.7 Å². The topological polar surface area (TPSA) is 40.7 Å². The molecule has 1 heterocycles. The number of aryl methyl sites for hydroxylation is 2. The number of halogens is 1. The number of hydrogen-bond donors (Lipinski definition) is 2. The quantitative estimate of drug-likeness (QED) is 0.913. The Morgan fingerprint density at radius 1 is 1.35 bits per heavy atom. The minimum atomic E-state index is 0.769. The lowest BCUT2D eigenvalue weighted by atomic mass is 9.99. The molecule has 0 fully saturated rings. The van der Waals surface area contributed by atoms with E-state index in [-0.39, 0.29) is 0 Å². The third-order valence-corrected chi connectivity index (χ3v) is 3.33. The summed E-state index contributed by atoms with van der Waals surface area (Å²) in [5.41, 5.74) is 5.87. The number of rotatable bonds is 3. The number of nitrogens with zero attached hydrogens (tertiary/aromatic N) is 1. The lowest BCUT2D eigenvalue weighted by molar-refractivity contribution is 0.784. The third-order valence-electron chi connectivity index (χ3n) is 2.84. The summed E-state index contributed by atoms with van der Waals surface area (Å²) in [6, 6.07) is 6.33. The molecule has 4 heteroatoms. The maximum atomic E-state index is 4.35. The molecule has 1 aromatic carbocycles. The molecule has 3 nitrogen and oxygen atoms in total. The van der Waals surface area contributed by atoms with Crippen LogP contribution in [0.2, 0.25) is 0 Å². The highest BCUT2D eigenvalue weighted by Gasteiger charge is 2.13. The van der Waals surface area contributed by atoms with E-state index in [1.807, 2.05) is 7.05 Å². The van der Waals surface area contributed by atoms with E-state index in [4.69, 9.17) is 0 Å². The summed E-state index contributed by atoms with van der Waals surface area (Å²) < 4.78 is 1.09. The smallest absolute Gasteiger partial charge is 0.0841 e. The zero-order chi connectivity index (χ0) is 12.4. The van der Waals surface area contributed by atoms with E-state index in [0.717, 1.165) is 22.4 Å². The standard InChI is InChI=1S/C13H16BrN3/c1-8-4-5-10(14)6-11(8)13-9(2)16-17-12(13)7-15-3/h4-6,15H,7H2,1-3H3,(H,16,17). The molecule has 0 bridgehead atoms. The first-order valence-corrected chi connectivity index (χ1v) is 6.37. The van der Waals surface area contributed by atoms with Crippen LogP contribution in [0.4, 0.5) is 0 Å². The molecular formula is C13H16BrN3. The van der Waals surface area contributed by atoms with Gasteiger partial charge in [0.1, 0.15) is 0 Å². The van der Waals surface area contributed by atoms with Gasteiger partial charge in [0.25, 0.3) is 0 Å². The van der Waals surface area contributed by atoms with Crippen LogP contribution in [0.25, 0.3) is 11.1 Å². The van der Waals surface area contributed by atoms with Crippen LogP contribution in [0.3, 0.4) is 0 Å². The predicted octanol–water partition coefficient (Wildman–Crippen LogP) is 3.18. The van der Waals surface area contributed by atoms with Crippen LogP contribution in [0, 0.1) is 13.8 Å². The number of aromatic amines is 1. The molecule has 0 aliphatic carbocycles. The fourth-order valence-corrected chi connectivity index (χ4v) is 2.36. The molecule has 0 saturated carbocycles. The Labute approximate surface area is 110 Å². The summed E-state index contributed by atoms with van der Waals surface area (Å²) in [4.78, 5) is 0. The van der Waals surface area contributed by atoms with Crippen molar-refractivity contribution in [2.24, 2.45) is 0 Å². The molecule has 0 aliphatic heterocycles. The molecule has 0 unspecified atom stereocenters. The minimum absolute atomic E-state index is 0.769. The summed E-state index contributed by atoms with van der Waals surface area (Å²) in [6.45, 7) is 4.95. The van der Waals surface area contributed by atoms with E-state index in [9.17, 15) is 0 Å². The molecule has 0 saturated heterocycles. The van der Waals surface area contributed by atoms with Crippen LogP contribution in [-0.2, 0) is 6.54 Å². The van der Waals surface area contributed by atoms with Crippen molar-refractivity contribution in [3.8, 4) is 11.1 Å². The molecule has 0 amide bonds. The van der Waals surface area contributed by atoms with Crippen molar-refractivity contribution in [3.05, 3.63) is 39.6 Å². The van der Waals surface area contributed by atoms with Gasteiger partial charge in [-0.15, -0.1) is 0 Å². The second kappa shape index (κ2) is 5.02. The number of benzene rings is 1. The Morgan fingerprint density at radius 3 is 2.82 bits per heavy atom. The summed E-state index contributed by atoms with van der Waals surface area (Å²) in [7, 11) is 1.93. The maximum Gasteiger partial charge on any atom is 0.0841 e. The summed E-state index contributed by atoms with van der Waals surface area (Å²) >= 11 is 3.52. The van der Waals surface area contributed by atoms with Crippen molar-refractivity contribution >= 4 is 15.9 Å². The molecule has 1 aromatic heterocycles. The molecular weight excluding hydrogens is 278 g/mol. The summed E-state index contributed by atoms with van der Waals surface area (Å²) in [5.74, 6) is 0. The van der Waals surface area contributed by atoms with Crippen molar-refractivity contribution in [3.63, 3.8) is 0 Å². The second-order valence-electron chi connectivity index (χ2n) is 4.16. The normalized spacial score (nSPS) is 10.8. The first kappa shape index (κ1) is 12.3. The fraction of sp³-hybridized carbons (Fsp3) is 0.308. The molecule has 2 rings (SSSR count). The Bertz CT molecular complexity index is 531. The Balaban J connectivity index is 2.58. The van der Waals surface area contributed by atoms with Crippen LogP contribution in [0.1, 0.15) is 17.0 Å². The third kappa shape index (κ3) is 2.42. The molecule has 0 atom stereocenters. The SMILES string of the molecule is CNCc1n[nH]c(C)c1-c1cc(Br)ccc1C. The van der Waals surface area contributed by atoms with Crippen LogP contribution in [0.5, 0.6) is 0 Å². The highest BCUT2D eigenvalue weighted by atomic mass is 79.9. The monoisotopic (exact) mass is 293 g/mol. The van der Waals surface area contributed by atoms with Gasteiger partial charge in [-0.1, -0.05) is 22.0 Å². The van der Waals surface area contributed by atoms with E-state index in [2.05, 4.69) is 63.5 Å². The van der Waals surface area contributed by atoms with Crippen LogP contribution >= 0.6 is 15.9 Å². The molecule has 0 spiro atoms. The number of hydrogen-bond acceptors (Lipinski definition) is 2. The van der Waals surface area contributed by atoms with Gasteiger partial charge in [0.05, 0.1) is 5.69 Å². The van der Waals surface area contributed by atoms with Gasteiger partial charge in [-0.25, -0.2) is 0 Å². The van der Waals surface area contributed by atoms with Gasteiger partial charge in [-0.3, -0.25) is 5.10 Å². The lowest BCUT2D eigenvalue weighted by Gasteiger charge is -2.08. The Kier molecular flexibility index (Phi) is 3.64. The molecule has 90 valence electrons. The van der Waals surface area contributed by atoms with Crippen LogP contribution in [0.15, 0.2) is 22.7 Å². The highest BCUT2D eigenvalue weighted by molar-refractivity contribution is 9.10. The zero-order valence-electron chi connectivity index (χ0n) is 10.3. The average Bonchev–Trinajstić information content (AvgIpc) is 2.64. The van der Waals surface area contributed by atoms with Crippen molar-refractivity contribution in [1.29, 1.82) is 0 Å². The van der Waals surface area contributed by atoms with Gasteiger partial charge in [0, 0.05) is 22.3 Å². The number of nitrogens with one attached hydrogen (secondary N) is 2. The summed E-state index contributed by atoms with van der Waals surface area (Å²) in [6.07, 6.45) is 0. The average molecular weight is 294 g/mol. The van der Waals surface area contributed by atoms with Gasteiger partial charge in [0.15, 0.2) is 0 Å². The van der Waals surface area contributed by atoms with Crippen molar-refractivity contribution in [1.82, 2.24) is 15.5 Å². The van der Waals surface area contributed by atoms with E-state index >= 15 is 0 Å². The summed E-state index contributed by atoms with van der Waals surface area (Å²) in [5, 5.41) is 10.6. The van der Waals surface area contributed by atoms with Gasteiger partial charge in [-0.05, 0) is 44.2 Å². The van der Waals surface area contributed by atoms with Crippen molar-refractivity contribution in [2.45, 2.75) is 20.4 Å². The number of H-pyrrole nitrogens is 1. The van der Waals surface area contributed by atoms with Crippen LogP contribution in [-0.4, -0.2) is 17.2 Å². The van der Waals surface area contributed by atoms with Crippen molar-refractivity contribution in [2.75, 3.05) is 7.05 Å². The van der Waals surface area contributed by atoms with Gasteiger partial charge in [-0.2, -0.15) is 5.10 Å². The van der Waals surface area contributed by atoms with E-state index < -0.39 is 0 Å². The number of aromatic nitrogens is 2. The maximum absolute atomic E-state index is 4.35. The Hall–Kier alpha value is -1.13. The largest absolute Gasteiger partial charge is 0.314 e. The Morgan fingerprint density at radius 2 is 2.12 bits per heavy atom. The zero-order valence-corrected chi connectivity index (χ0v) is 11.9. The van der Waals surface area contributed by atoms with Gasteiger partial charge in [0.2, 0.25) is 0 Å². The first-order chi connectivity index (χ1) is 8.13. The minimum Gasteiger partial charge on any atom is -0.314 e. The van der Waals surface area contributed by atoms with Crippen molar-refractivity contribution < 1.29 is 0 Å². The fourth-order valence-electron chi connectivity index (χ4n) is 2.00. The second-order valence-corrected chi connectivity index (χ2v) is 5.08. The van der Waals surface area contributed by atoms with Gasteiger partial charge < -0.3 is 5.32 Å². The van der Waals surface area contributed by atoms with Crippen LogP contribution < -0.4 is 5.32 Å². The molecule has 2 aromatic rings. The lowest BCUT2D eigenvalue weighted by Crippen LogP contribution is -2.06. The van der Waals surface area contributed by atoms with E-state index in [0.29, 0.717) is 0 Å². The first-order valence-electron chi connectivity index (χ1n) is 5.58.